The fourth-order valence-corrected chi connectivity index (χ4v) is 2.08. The molecule has 0 saturated carbocycles. The van der Waals surface area contributed by atoms with Crippen molar-refractivity contribution in [2.24, 2.45) is 0 Å². The first-order valence-electron chi connectivity index (χ1n) is 5.74. The first kappa shape index (κ1) is 14.6. The van der Waals surface area contributed by atoms with E-state index >= 15 is 0 Å². The normalized spacial score (nSPS) is 11.6. The largest absolute Gasteiger partial charge is 0.265 e. The highest BCUT2D eigenvalue weighted by Gasteiger charge is 2.12. The highest BCUT2D eigenvalue weighted by molar-refractivity contribution is 7.85. The number of halogens is 2. The van der Waals surface area contributed by atoms with Crippen LogP contribution in [0.4, 0.5) is 8.78 Å². The van der Waals surface area contributed by atoms with Crippen LogP contribution in [-0.4, -0.2) is 14.7 Å². The van der Waals surface area contributed by atoms with E-state index in [0.717, 1.165) is 6.26 Å². The summed E-state index contributed by atoms with van der Waals surface area (Å²) in [7, 11) is -3.65. The minimum atomic E-state index is -3.65. The minimum Gasteiger partial charge on any atom is -0.265 e. The fourth-order valence-electron chi connectivity index (χ4n) is 1.74. The summed E-state index contributed by atoms with van der Waals surface area (Å²) in [6, 6.07) is 9.99. The zero-order chi connectivity index (χ0) is 14.8. The lowest BCUT2D eigenvalue weighted by atomic mass is 10.0. The van der Waals surface area contributed by atoms with E-state index in [-0.39, 0.29) is 11.1 Å². The Hall–Kier alpha value is -1.79. The van der Waals surface area contributed by atoms with E-state index < -0.39 is 28.4 Å². The molecule has 0 aliphatic rings. The SMILES string of the molecule is CS(=O)(=O)OCc1cccc(-c2cccc(F)c2)c1F. The summed E-state index contributed by atoms with van der Waals surface area (Å²) in [5.74, 6) is -1.10. The number of hydrogen-bond donors (Lipinski definition) is 0. The Labute approximate surface area is 115 Å². The summed E-state index contributed by atoms with van der Waals surface area (Å²) in [6.45, 7) is -0.395. The molecule has 0 heterocycles. The van der Waals surface area contributed by atoms with Gasteiger partial charge in [0.25, 0.3) is 10.1 Å². The van der Waals surface area contributed by atoms with Gasteiger partial charge in [-0.05, 0) is 17.7 Å². The molecule has 0 radical (unpaired) electrons. The second kappa shape index (κ2) is 5.68. The third kappa shape index (κ3) is 3.61. The van der Waals surface area contributed by atoms with Crippen LogP contribution in [0.2, 0.25) is 0 Å². The summed E-state index contributed by atoms with van der Waals surface area (Å²) in [5.41, 5.74) is 0.667. The monoisotopic (exact) mass is 298 g/mol. The van der Waals surface area contributed by atoms with Crippen LogP contribution in [0, 0.1) is 11.6 Å². The Bertz CT molecular complexity index is 727. The summed E-state index contributed by atoms with van der Waals surface area (Å²) in [5, 5.41) is 0. The van der Waals surface area contributed by atoms with Crippen LogP contribution < -0.4 is 0 Å². The molecule has 0 spiro atoms. The molecular weight excluding hydrogens is 286 g/mol. The van der Waals surface area contributed by atoms with Gasteiger partial charge in [0.1, 0.15) is 11.6 Å². The molecule has 0 unspecified atom stereocenters. The zero-order valence-corrected chi connectivity index (χ0v) is 11.5. The van der Waals surface area contributed by atoms with Crippen molar-refractivity contribution < 1.29 is 21.4 Å². The van der Waals surface area contributed by atoms with Gasteiger partial charge in [-0.15, -0.1) is 0 Å². The van der Waals surface area contributed by atoms with Gasteiger partial charge in [0.15, 0.2) is 0 Å². The molecule has 2 rings (SSSR count). The quantitative estimate of drug-likeness (QED) is 0.815. The molecule has 2 aromatic carbocycles. The Morgan fingerprint density at radius 2 is 1.80 bits per heavy atom. The molecule has 2 aromatic rings. The molecule has 0 aromatic heterocycles. The maximum atomic E-state index is 14.3. The summed E-state index contributed by atoms with van der Waals surface area (Å²) >= 11 is 0. The molecule has 0 fully saturated rings. The highest BCUT2D eigenvalue weighted by atomic mass is 32.2. The van der Waals surface area contributed by atoms with Crippen molar-refractivity contribution >= 4 is 10.1 Å². The molecule has 0 aliphatic carbocycles. The van der Waals surface area contributed by atoms with E-state index in [0.29, 0.717) is 5.56 Å². The smallest absolute Gasteiger partial charge is 0.264 e. The molecule has 0 N–H and O–H groups in total. The summed E-state index contributed by atoms with van der Waals surface area (Å²) < 4.78 is 53.8. The third-order valence-corrected chi connectivity index (χ3v) is 3.19. The van der Waals surface area contributed by atoms with Crippen LogP contribution in [0.5, 0.6) is 0 Å². The molecule has 6 heteroatoms. The molecule has 0 aliphatic heterocycles. The van der Waals surface area contributed by atoms with Gasteiger partial charge in [-0.3, -0.25) is 4.18 Å². The average Bonchev–Trinajstić information content (AvgIpc) is 2.36. The van der Waals surface area contributed by atoms with E-state index in [2.05, 4.69) is 4.18 Å². The van der Waals surface area contributed by atoms with Crippen LogP contribution >= 0.6 is 0 Å². The molecular formula is C14H12F2O3S. The molecule has 0 atom stereocenters. The van der Waals surface area contributed by atoms with Gasteiger partial charge in [-0.25, -0.2) is 8.78 Å². The summed E-state index contributed by atoms with van der Waals surface area (Å²) in [6.07, 6.45) is 0.890. The molecule has 0 saturated heterocycles. The van der Waals surface area contributed by atoms with Crippen molar-refractivity contribution in [1.29, 1.82) is 0 Å². The van der Waals surface area contributed by atoms with Crippen molar-refractivity contribution in [2.45, 2.75) is 6.61 Å². The van der Waals surface area contributed by atoms with Gasteiger partial charge >= 0.3 is 0 Å². The second-order valence-corrected chi connectivity index (χ2v) is 5.90. The first-order chi connectivity index (χ1) is 9.37. The lowest BCUT2D eigenvalue weighted by Crippen LogP contribution is -2.04. The van der Waals surface area contributed by atoms with Crippen molar-refractivity contribution in [1.82, 2.24) is 0 Å². The lowest BCUT2D eigenvalue weighted by molar-refractivity contribution is 0.306. The predicted molar refractivity (Wildman–Crippen MR) is 71.4 cm³/mol. The van der Waals surface area contributed by atoms with E-state index in [4.69, 9.17) is 0 Å². The standard InChI is InChI=1S/C14H12F2O3S/c1-20(17,18)19-9-11-5-3-7-13(14(11)16)10-4-2-6-12(15)8-10/h2-8H,9H2,1H3. The van der Waals surface area contributed by atoms with Crippen molar-refractivity contribution in [3.8, 4) is 11.1 Å². The highest BCUT2D eigenvalue weighted by Crippen LogP contribution is 2.26. The Morgan fingerprint density at radius 1 is 1.10 bits per heavy atom. The molecule has 3 nitrogen and oxygen atoms in total. The molecule has 20 heavy (non-hydrogen) atoms. The van der Waals surface area contributed by atoms with E-state index in [1.165, 1.54) is 30.3 Å². The summed E-state index contributed by atoms with van der Waals surface area (Å²) in [4.78, 5) is 0. The Morgan fingerprint density at radius 3 is 2.45 bits per heavy atom. The number of hydrogen-bond acceptors (Lipinski definition) is 3. The molecule has 106 valence electrons. The fraction of sp³-hybridized carbons (Fsp3) is 0.143. The molecule has 0 bridgehead atoms. The third-order valence-electron chi connectivity index (χ3n) is 2.64. The van der Waals surface area contributed by atoms with E-state index in [1.807, 2.05) is 0 Å². The van der Waals surface area contributed by atoms with Crippen LogP contribution in [0.15, 0.2) is 42.5 Å². The maximum Gasteiger partial charge on any atom is 0.264 e. The number of benzene rings is 2. The molecule has 0 amide bonds. The second-order valence-electron chi connectivity index (χ2n) is 4.26. The van der Waals surface area contributed by atoms with E-state index in [9.17, 15) is 17.2 Å². The van der Waals surface area contributed by atoms with Gasteiger partial charge in [-0.2, -0.15) is 8.42 Å². The Kier molecular flexibility index (Phi) is 4.15. The predicted octanol–water partition coefficient (Wildman–Crippen LogP) is 3.11. The van der Waals surface area contributed by atoms with Crippen molar-refractivity contribution in [3.63, 3.8) is 0 Å². The number of rotatable bonds is 4. The lowest BCUT2D eigenvalue weighted by Gasteiger charge is -2.08. The van der Waals surface area contributed by atoms with Gasteiger partial charge in [0, 0.05) is 11.1 Å². The average molecular weight is 298 g/mol. The Balaban J connectivity index is 2.37. The van der Waals surface area contributed by atoms with Crippen LogP contribution in [-0.2, 0) is 20.9 Å². The topological polar surface area (TPSA) is 43.4 Å². The van der Waals surface area contributed by atoms with Gasteiger partial charge in [0.05, 0.1) is 12.9 Å². The van der Waals surface area contributed by atoms with Crippen molar-refractivity contribution in [3.05, 3.63) is 59.7 Å². The maximum absolute atomic E-state index is 14.3. The van der Waals surface area contributed by atoms with Gasteiger partial charge in [0.2, 0.25) is 0 Å². The zero-order valence-electron chi connectivity index (χ0n) is 10.6. The van der Waals surface area contributed by atoms with Crippen LogP contribution in [0.3, 0.4) is 0 Å². The van der Waals surface area contributed by atoms with Gasteiger partial charge in [-0.1, -0.05) is 30.3 Å². The minimum absolute atomic E-state index is 0.0946. The van der Waals surface area contributed by atoms with Crippen LogP contribution in [0.25, 0.3) is 11.1 Å². The van der Waals surface area contributed by atoms with Crippen molar-refractivity contribution in [2.75, 3.05) is 6.26 Å². The first-order valence-corrected chi connectivity index (χ1v) is 7.56. The van der Waals surface area contributed by atoms with Gasteiger partial charge < -0.3 is 0 Å². The van der Waals surface area contributed by atoms with E-state index in [1.54, 1.807) is 12.1 Å². The van der Waals surface area contributed by atoms with Crippen LogP contribution in [0.1, 0.15) is 5.56 Å².